The largest absolute Gasteiger partial charge is 0.350 e. The Morgan fingerprint density at radius 2 is 1.61 bits per heavy atom. The maximum absolute atomic E-state index is 13.0. The monoisotopic (exact) mass is 445 g/mol. The fourth-order valence-electron chi connectivity index (χ4n) is 3.12. The highest BCUT2D eigenvalue weighted by molar-refractivity contribution is 7.92. The lowest BCUT2D eigenvalue weighted by atomic mass is 10.1. The smallest absolute Gasteiger partial charge is 0.253 e. The van der Waals surface area contributed by atoms with Gasteiger partial charge in [0.25, 0.3) is 5.91 Å². The Morgan fingerprint density at radius 1 is 1.00 bits per heavy atom. The molecule has 2 rings (SSSR count). The Hall–Kier alpha value is -2.87. The van der Waals surface area contributed by atoms with Crippen molar-refractivity contribution in [3.63, 3.8) is 0 Å². The summed E-state index contributed by atoms with van der Waals surface area (Å²) in [5, 5.41) is 5.60. The van der Waals surface area contributed by atoms with Gasteiger partial charge in [-0.05, 0) is 56.5 Å². The van der Waals surface area contributed by atoms with Crippen molar-refractivity contribution in [1.29, 1.82) is 0 Å². The topological polar surface area (TPSA) is 95.6 Å². The molecule has 0 spiro atoms. The van der Waals surface area contributed by atoms with E-state index in [2.05, 4.69) is 10.6 Å². The van der Waals surface area contributed by atoms with E-state index in [0.717, 1.165) is 29.0 Å². The van der Waals surface area contributed by atoms with Crippen molar-refractivity contribution in [1.82, 2.24) is 5.32 Å². The minimum Gasteiger partial charge on any atom is -0.350 e. The van der Waals surface area contributed by atoms with E-state index >= 15 is 0 Å². The van der Waals surface area contributed by atoms with Crippen molar-refractivity contribution in [3.05, 3.63) is 59.7 Å². The minimum atomic E-state index is -3.73. The molecule has 2 aromatic rings. The molecule has 0 saturated carbocycles. The van der Waals surface area contributed by atoms with Gasteiger partial charge in [-0.3, -0.25) is 13.9 Å². The van der Waals surface area contributed by atoms with Crippen LogP contribution in [0.5, 0.6) is 0 Å². The lowest BCUT2D eigenvalue weighted by Gasteiger charge is -2.28. The van der Waals surface area contributed by atoms with E-state index in [0.29, 0.717) is 16.9 Å². The first kappa shape index (κ1) is 24.4. The number of carbonyl (C=O) groups is 2. The van der Waals surface area contributed by atoms with Crippen molar-refractivity contribution in [2.45, 2.75) is 52.6 Å². The fraction of sp³-hybridized carbons (Fsp3) is 0.391. The van der Waals surface area contributed by atoms with E-state index < -0.39 is 22.0 Å². The molecule has 2 amide bonds. The minimum absolute atomic E-state index is 0.0120. The molecule has 0 fully saturated rings. The van der Waals surface area contributed by atoms with Crippen LogP contribution in [0.3, 0.4) is 0 Å². The lowest BCUT2D eigenvalue weighted by molar-refractivity contribution is -0.116. The molecular formula is C23H31N3O4S. The van der Waals surface area contributed by atoms with Crippen LogP contribution in [0.25, 0.3) is 0 Å². The summed E-state index contributed by atoms with van der Waals surface area (Å²) >= 11 is 0. The van der Waals surface area contributed by atoms with Gasteiger partial charge >= 0.3 is 0 Å². The molecule has 0 bridgehead atoms. The van der Waals surface area contributed by atoms with Crippen molar-refractivity contribution in [2.75, 3.05) is 15.9 Å². The van der Waals surface area contributed by atoms with Gasteiger partial charge in [0.05, 0.1) is 23.2 Å². The van der Waals surface area contributed by atoms with Crippen LogP contribution in [-0.2, 0) is 21.2 Å². The number of anilines is 2. The van der Waals surface area contributed by atoms with Gasteiger partial charge in [-0.15, -0.1) is 0 Å². The zero-order valence-electron chi connectivity index (χ0n) is 18.7. The second-order valence-electron chi connectivity index (χ2n) is 7.57. The third-order valence-corrected chi connectivity index (χ3v) is 6.35. The molecule has 0 saturated heterocycles. The predicted molar refractivity (Wildman–Crippen MR) is 125 cm³/mol. The standard InChI is InChI=1S/C23H31N3O4S/c1-6-16(3)24-23(28)20-10-8-9-11-21(20)25-22(27)17(4)26(31(5,29)30)19-14-12-18(7-2)13-15-19/h8-17H,6-7H2,1-5H3,(H,24,28)(H,25,27)/t16-,17-/m0/s1. The number of amides is 2. The Kier molecular flexibility index (Phi) is 8.21. The number of sulfonamides is 1. The number of nitrogens with one attached hydrogen (secondary N) is 2. The third kappa shape index (κ3) is 6.30. The summed E-state index contributed by atoms with van der Waals surface area (Å²) in [6, 6.07) is 12.7. The van der Waals surface area contributed by atoms with E-state index in [4.69, 9.17) is 0 Å². The van der Waals surface area contributed by atoms with E-state index in [9.17, 15) is 18.0 Å². The van der Waals surface area contributed by atoms with Crippen molar-refractivity contribution in [3.8, 4) is 0 Å². The number of carbonyl (C=O) groups excluding carboxylic acids is 2. The van der Waals surface area contributed by atoms with Crippen LogP contribution in [0.2, 0.25) is 0 Å². The number of rotatable bonds is 9. The highest BCUT2D eigenvalue weighted by Crippen LogP contribution is 2.23. The average molecular weight is 446 g/mol. The van der Waals surface area contributed by atoms with Gasteiger partial charge in [-0.1, -0.05) is 38.1 Å². The normalized spacial score (nSPS) is 13.2. The SMILES string of the molecule is CCc1ccc(N([C@@H](C)C(=O)Nc2ccccc2C(=O)N[C@@H](C)CC)S(C)(=O)=O)cc1. The molecule has 0 heterocycles. The Balaban J connectivity index is 2.30. The quantitative estimate of drug-likeness (QED) is 0.617. The molecule has 7 nitrogen and oxygen atoms in total. The first-order chi connectivity index (χ1) is 14.6. The van der Waals surface area contributed by atoms with Gasteiger partial charge in [0.1, 0.15) is 6.04 Å². The fourth-order valence-corrected chi connectivity index (χ4v) is 4.29. The lowest BCUT2D eigenvalue weighted by Crippen LogP contribution is -2.45. The molecule has 168 valence electrons. The molecule has 0 aliphatic rings. The van der Waals surface area contributed by atoms with E-state index in [-0.39, 0.29) is 11.9 Å². The Morgan fingerprint density at radius 3 is 2.16 bits per heavy atom. The van der Waals surface area contributed by atoms with Gasteiger partial charge in [0, 0.05) is 6.04 Å². The van der Waals surface area contributed by atoms with Crippen LogP contribution >= 0.6 is 0 Å². The molecule has 0 unspecified atom stereocenters. The summed E-state index contributed by atoms with van der Waals surface area (Å²) in [6.07, 6.45) is 2.67. The molecule has 2 N–H and O–H groups in total. The van der Waals surface area contributed by atoms with E-state index in [1.807, 2.05) is 32.9 Å². The van der Waals surface area contributed by atoms with Gasteiger partial charge in [-0.2, -0.15) is 0 Å². The predicted octanol–water partition coefficient (Wildman–Crippen LogP) is 3.57. The number of hydrogen-bond acceptors (Lipinski definition) is 4. The Labute approximate surface area is 184 Å². The second-order valence-corrected chi connectivity index (χ2v) is 9.43. The zero-order chi connectivity index (χ0) is 23.2. The van der Waals surface area contributed by atoms with Crippen molar-refractivity contribution < 1.29 is 18.0 Å². The second kappa shape index (κ2) is 10.4. The molecule has 0 aliphatic heterocycles. The van der Waals surface area contributed by atoms with E-state index in [1.165, 1.54) is 6.92 Å². The summed E-state index contributed by atoms with van der Waals surface area (Å²) in [5.41, 5.74) is 2.12. The summed E-state index contributed by atoms with van der Waals surface area (Å²) in [7, 11) is -3.73. The highest BCUT2D eigenvalue weighted by atomic mass is 32.2. The number of benzene rings is 2. The zero-order valence-corrected chi connectivity index (χ0v) is 19.5. The molecule has 2 atom stereocenters. The maximum atomic E-state index is 13.0. The third-order valence-electron chi connectivity index (χ3n) is 5.11. The number of hydrogen-bond donors (Lipinski definition) is 2. The molecule has 0 aromatic heterocycles. The Bertz CT molecular complexity index is 1020. The number of aryl methyl sites for hydroxylation is 1. The van der Waals surface area contributed by atoms with Crippen LogP contribution in [0, 0.1) is 0 Å². The number of nitrogens with zero attached hydrogens (tertiary/aromatic N) is 1. The van der Waals surface area contributed by atoms with Crippen molar-refractivity contribution >= 4 is 33.2 Å². The summed E-state index contributed by atoms with van der Waals surface area (Å²) in [4.78, 5) is 25.6. The van der Waals surface area contributed by atoms with Gasteiger partial charge in [-0.25, -0.2) is 8.42 Å². The molecular weight excluding hydrogens is 414 g/mol. The van der Waals surface area contributed by atoms with Crippen LogP contribution in [0.15, 0.2) is 48.5 Å². The van der Waals surface area contributed by atoms with Gasteiger partial charge in [0.2, 0.25) is 15.9 Å². The van der Waals surface area contributed by atoms with Crippen LogP contribution in [0.1, 0.15) is 50.0 Å². The van der Waals surface area contributed by atoms with Gasteiger partial charge < -0.3 is 10.6 Å². The van der Waals surface area contributed by atoms with Crippen molar-refractivity contribution in [2.24, 2.45) is 0 Å². The van der Waals surface area contributed by atoms with Gasteiger partial charge in [0.15, 0.2) is 0 Å². The first-order valence-electron chi connectivity index (χ1n) is 10.4. The van der Waals surface area contributed by atoms with Crippen LogP contribution in [0.4, 0.5) is 11.4 Å². The number of para-hydroxylation sites is 1. The average Bonchev–Trinajstić information content (AvgIpc) is 2.73. The molecule has 0 radical (unpaired) electrons. The molecule has 31 heavy (non-hydrogen) atoms. The highest BCUT2D eigenvalue weighted by Gasteiger charge is 2.29. The summed E-state index contributed by atoms with van der Waals surface area (Å²) in [6.45, 7) is 7.39. The summed E-state index contributed by atoms with van der Waals surface area (Å²) < 4.78 is 26.1. The molecule has 8 heteroatoms. The summed E-state index contributed by atoms with van der Waals surface area (Å²) in [5.74, 6) is -0.832. The molecule has 0 aliphatic carbocycles. The molecule has 2 aromatic carbocycles. The van der Waals surface area contributed by atoms with Crippen LogP contribution < -0.4 is 14.9 Å². The first-order valence-corrected chi connectivity index (χ1v) is 12.2. The maximum Gasteiger partial charge on any atom is 0.253 e. The van der Waals surface area contributed by atoms with E-state index in [1.54, 1.807) is 36.4 Å². The van der Waals surface area contributed by atoms with Crippen LogP contribution in [-0.4, -0.2) is 38.6 Å².